The molecule has 0 radical (unpaired) electrons. The Morgan fingerprint density at radius 1 is 0.810 bits per heavy atom. The highest BCUT2D eigenvalue weighted by molar-refractivity contribution is 6.30. The number of hydrogen-bond donors (Lipinski definition) is 4. The van der Waals surface area contributed by atoms with Gasteiger partial charge in [0, 0.05) is 21.9 Å². The van der Waals surface area contributed by atoms with E-state index in [4.69, 9.17) is 26.8 Å². The van der Waals surface area contributed by atoms with E-state index in [0.717, 1.165) is 10.8 Å². The number of halogens is 1. The summed E-state index contributed by atoms with van der Waals surface area (Å²) in [6.45, 7) is 0.920. The lowest BCUT2D eigenvalue weighted by atomic mass is 10.1. The van der Waals surface area contributed by atoms with Crippen molar-refractivity contribution in [1.82, 2.24) is 15.3 Å². The number of anilines is 1. The molecule has 0 bridgehead atoms. The number of pyridine rings is 2. The number of rotatable bonds is 11. The second kappa shape index (κ2) is 13.2. The fourth-order valence-corrected chi connectivity index (χ4v) is 4.37. The molecule has 5 aromatic rings. The number of carbonyl (C=O) groups excluding carboxylic acids is 2. The van der Waals surface area contributed by atoms with E-state index in [1.165, 1.54) is 12.1 Å². The standard InChI is InChI=1S/C31H28ClN5O5/c32-21-10-11-26(27(38)18-21)35-29(40)23-17-20-7-2-4-9-25(20)37-31(23)42-15-13-34-28(39)22-16-19-6-1-3-8-24(19)36-30(22)41-14-5-12-33/h1-4,6-11,16-18,38H,5,12-15,33H2,(H,34,39)(H,35,40). The summed E-state index contributed by atoms with van der Waals surface area (Å²) in [6.07, 6.45) is 0.621. The van der Waals surface area contributed by atoms with Gasteiger partial charge in [-0.3, -0.25) is 9.59 Å². The van der Waals surface area contributed by atoms with Gasteiger partial charge in [0.05, 0.1) is 29.9 Å². The van der Waals surface area contributed by atoms with E-state index in [1.54, 1.807) is 24.3 Å². The molecule has 0 aliphatic carbocycles. The Morgan fingerprint density at radius 2 is 1.40 bits per heavy atom. The van der Waals surface area contributed by atoms with Crippen LogP contribution in [0.4, 0.5) is 5.69 Å². The summed E-state index contributed by atoms with van der Waals surface area (Å²) in [5, 5.41) is 17.5. The molecule has 0 aliphatic heterocycles. The maximum Gasteiger partial charge on any atom is 0.261 e. The van der Waals surface area contributed by atoms with Crippen molar-refractivity contribution < 1.29 is 24.2 Å². The highest BCUT2D eigenvalue weighted by Gasteiger charge is 2.19. The number of amides is 2. The number of ether oxygens (including phenoxy) is 2. The topological polar surface area (TPSA) is 149 Å². The van der Waals surface area contributed by atoms with Crippen LogP contribution >= 0.6 is 11.6 Å². The predicted molar refractivity (Wildman–Crippen MR) is 162 cm³/mol. The van der Waals surface area contributed by atoms with Gasteiger partial charge in [-0.25, -0.2) is 9.97 Å². The van der Waals surface area contributed by atoms with Crippen LogP contribution in [0.2, 0.25) is 5.02 Å². The number of nitrogens with zero attached hydrogens (tertiary/aromatic N) is 2. The summed E-state index contributed by atoms with van der Waals surface area (Å²) in [6, 6.07) is 22.5. The normalized spacial score (nSPS) is 10.9. The van der Waals surface area contributed by atoms with Crippen molar-refractivity contribution in [3.8, 4) is 17.5 Å². The first-order valence-corrected chi connectivity index (χ1v) is 13.6. The van der Waals surface area contributed by atoms with Crippen LogP contribution in [0.5, 0.6) is 17.5 Å². The van der Waals surface area contributed by atoms with Crippen LogP contribution in [0.3, 0.4) is 0 Å². The number of carbonyl (C=O) groups is 2. The van der Waals surface area contributed by atoms with Gasteiger partial charge in [-0.1, -0.05) is 48.0 Å². The molecule has 5 N–H and O–H groups in total. The molecule has 0 aliphatic rings. The molecule has 0 saturated carbocycles. The fraction of sp³-hybridized carbons (Fsp3) is 0.161. The molecule has 11 heteroatoms. The second-order valence-corrected chi connectivity index (χ2v) is 9.71. The molecule has 42 heavy (non-hydrogen) atoms. The third-order valence-corrected chi connectivity index (χ3v) is 6.52. The Kier molecular flexibility index (Phi) is 8.96. The summed E-state index contributed by atoms with van der Waals surface area (Å²) < 4.78 is 11.7. The minimum atomic E-state index is -0.536. The molecule has 10 nitrogen and oxygen atoms in total. The van der Waals surface area contributed by atoms with Crippen LogP contribution in [0, 0.1) is 0 Å². The monoisotopic (exact) mass is 585 g/mol. The first-order chi connectivity index (χ1) is 20.4. The molecule has 2 aromatic heterocycles. The molecular formula is C31H28ClN5O5. The molecule has 5 rings (SSSR count). The second-order valence-electron chi connectivity index (χ2n) is 9.28. The van der Waals surface area contributed by atoms with Gasteiger partial charge in [-0.05, 0) is 49.4 Å². The van der Waals surface area contributed by atoms with Crippen molar-refractivity contribution in [2.45, 2.75) is 6.42 Å². The van der Waals surface area contributed by atoms with Crippen LogP contribution in [0.25, 0.3) is 21.8 Å². The van der Waals surface area contributed by atoms with Crippen molar-refractivity contribution in [1.29, 1.82) is 0 Å². The molecule has 0 unspecified atom stereocenters. The van der Waals surface area contributed by atoms with E-state index < -0.39 is 5.91 Å². The largest absolute Gasteiger partial charge is 0.506 e. The summed E-state index contributed by atoms with van der Waals surface area (Å²) in [5.41, 5.74) is 7.55. The molecule has 0 fully saturated rings. The summed E-state index contributed by atoms with van der Waals surface area (Å²) in [5.74, 6) is -0.800. The molecule has 2 heterocycles. The summed E-state index contributed by atoms with van der Waals surface area (Å²) >= 11 is 5.91. The number of benzene rings is 3. The molecule has 0 saturated heterocycles. The molecule has 0 spiro atoms. The third-order valence-electron chi connectivity index (χ3n) is 6.29. The first kappa shape index (κ1) is 28.6. The first-order valence-electron chi connectivity index (χ1n) is 13.3. The highest BCUT2D eigenvalue weighted by Crippen LogP contribution is 2.29. The minimum absolute atomic E-state index is 0.0218. The van der Waals surface area contributed by atoms with Gasteiger partial charge in [-0.15, -0.1) is 0 Å². The zero-order valence-corrected chi connectivity index (χ0v) is 23.2. The molecule has 0 atom stereocenters. The van der Waals surface area contributed by atoms with Gasteiger partial charge in [-0.2, -0.15) is 0 Å². The van der Waals surface area contributed by atoms with Gasteiger partial charge in [0.25, 0.3) is 11.8 Å². The number of aromatic nitrogens is 2. The average molecular weight is 586 g/mol. The number of hydrogen-bond acceptors (Lipinski definition) is 8. The van der Waals surface area contributed by atoms with Crippen molar-refractivity contribution in [3.05, 3.63) is 95.0 Å². The van der Waals surface area contributed by atoms with E-state index in [-0.39, 0.29) is 53.4 Å². The van der Waals surface area contributed by atoms with Crippen LogP contribution in [-0.2, 0) is 0 Å². The smallest absolute Gasteiger partial charge is 0.261 e. The number of phenolic OH excluding ortho intramolecular Hbond substituents is 1. The lowest BCUT2D eigenvalue weighted by molar-refractivity contribution is 0.0938. The third kappa shape index (κ3) is 6.68. The van der Waals surface area contributed by atoms with Crippen molar-refractivity contribution in [3.63, 3.8) is 0 Å². The summed E-state index contributed by atoms with van der Waals surface area (Å²) in [7, 11) is 0. The Balaban J connectivity index is 1.31. The average Bonchev–Trinajstić information content (AvgIpc) is 3.00. The van der Waals surface area contributed by atoms with E-state index in [9.17, 15) is 14.7 Å². The van der Waals surface area contributed by atoms with Gasteiger partial charge < -0.3 is 30.9 Å². The van der Waals surface area contributed by atoms with Gasteiger partial charge >= 0.3 is 0 Å². The van der Waals surface area contributed by atoms with Gasteiger partial charge in [0.2, 0.25) is 11.8 Å². The molecule has 2 amide bonds. The van der Waals surface area contributed by atoms with Crippen LogP contribution in [-0.4, -0.2) is 53.2 Å². The zero-order chi connectivity index (χ0) is 29.5. The maximum absolute atomic E-state index is 13.2. The highest BCUT2D eigenvalue weighted by atomic mass is 35.5. The quantitative estimate of drug-likeness (QED) is 0.126. The SMILES string of the molecule is NCCCOc1nc2ccccc2cc1C(=O)NCCOc1nc2ccccc2cc1C(=O)Nc1ccc(Cl)cc1O. The van der Waals surface area contributed by atoms with Crippen molar-refractivity contribution in [2.24, 2.45) is 5.73 Å². The molecule has 214 valence electrons. The Morgan fingerprint density at radius 3 is 2.02 bits per heavy atom. The predicted octanol–water partition coefficient (Wildman–Crippen LogP) is 4.93. The van der Waals surface area contributed by atoms with Crippen molar-refractivity contribution >= 4 is 50.9 Å². The lowest BCUT2D eigenvalue weighted by Gasteiger charge is -2.14. The minimum Gasteiger partial charge on any atom is -0.506 e. The van der Waals surface area contributed by atoms with Crippen molar-refractivity contribution in [2.75, 3.05) is 31.6 Å². The Bertz CT molecular complexity index is 1760. The number of nitrogens with one attached hydrogen (secondary N) is 2. The number of fused-ring (bicyclic) bond motifs is 2. The van der Waals surface area contributed by atoms with E-state index >= 15 is 0 Å². The lowest BCUT2D eigenvalue weighted by Crippen LogP contribution is -2.29. The number of aromatic hydroxyl groups is 1. The Hall–Kier alpha value is -4.93. The van der Waals surface area contributed by atoms with Gasteiger partial charge in [0.1, 0.15) is 23.5 Å². The van der Waals surface area contributed by atoms with E-state index in [2.05, 4.69) is 20.6 Å². The number of phenols is 1. The van der Waals surface area contributed by atoms with Gasteiger partial charge in [0.15, 0.2) is 0 Å². The Labute approximate surface area is 246 Å². The van der Waals surface area contributed by atoms with Crippen LogP contribution in [0.15, 0.2) is 78.9 Å². The van der Waals surface area contributed by atoms with Crippen LogP contribution < -0.4 is 25.8 Å². The molecule has 3 aromatic carbocycles. The zero-order valence-electron chi connectivity index (χ0n) is 22.5. The molecular weight excluding hydrogens is 558 g/mol. The maximum atomic E-state index is 13.2. The van der Waals surface area contributed by atoms with Crippen LogP contribution in [0.1, 0.15) is 27.1 Å². The fourth-order valence-electron chi connectivity index (χ4n) is 4.20. The number of para-hydroxylation sites is 2. The number of nitrogens with two attached hydrogens (primary N) is 1. The summed E-state index contributed by atoms with van der Waals surface area (Å²) in [4.78, 5) is 35.4. The van der Waals surface area contributed by atoms with E-state index in [0.29, 0.717) is 35.6 Å². The van der Waals surface area contributed by atoms with E-state index in [1.807, 2.05) is 42.5 Å².